The van der Waals surface area contributed by atoms with Gasteiger partial charge in [-0.25, -0.2) is 12.8 Å². The maximum absolute atomic E-state index is 12.5. The van der Waals surface area contributed by atoms with Crippen molar-refractivity contribution in [1.29, 1.82) is 0 Å². The zero-order chi connectivity index (χ0) is 7.35. The lowest BCUT2D eigenvalue weighted by atomic mass is 10.3. The molecule has 0 amide bonds. The predicted octanol–water partition coefficient (Wildman–Crippen LogP) is 0.972. The number of hydrogen-bond acceptors (Lipinski definition) is 2. The molecule has 52 valence electrons. The molecule has 2 aliphatic rings. The van der Waals surface area contributed by atoms with Gasteiger partial charge in [-0.3, -0.25) is 0 Å². The van der Waals surface area contributed by atoms with Crippen molar-refractivity contribution in [3.05, 3.63) is 24.0 Å². The average Bonchev–Trinajstić information content (AvgIpc) is 1.88. The van der Waals surface area contributed by atoms with Crippen molar-refractivity contribution < 1.29 is 12.8 Å². The Morgan fingerprint density at radius 2 is 1.70 bits per heavy atom. The van der Waals surface area contributed by atoms with Crippen molar-refractivity contribution >= 4 is 9.84 Å². The molecular weight excluding hydrogens is 155 g/mol. The van der Waals surface area contributed by atoms with Crippen LogP contribution in [0.1, 0.15) is 0 Å². The zero-order valence-electron chi connectivity index (χ0n) is 4.83. The molecule has 0 saturated carbocycles. The smallest absolute Gasteiger partial charge is 0.212 e. The molecule has 3 rings (SSSR count). The van der Waals surface area contributed by atoms with E-state index in [1.807, 2.05) is 0 Å². The first-order valence-corrected chi connectivity index (χ1v) is 4.16. The van der Waals surface area contributed by atoms with Crippen LogP contribution < -0.4 is 0 Å². The Labute approximate surface area is 57.2 Å². The largest absolute Gasteiger partial charge is 0.218 e. The fourth-order valence-corrected chi connectivity index (χ4v) is 2.27. The molecular formula is C6H3FO2S. The first kappa shape index (κ1) is 5.85. The summed E-state index contributed by atoms with van der Waals surface area (Å²) in [6.45, 7) is 0. The minimum atomic E-state index is -3.33. The number of halogens is 1. The molecule has 0 spiro atoms. The van der Waals surface area contributed by atoms with Crippen LogP contribution in [0.3, 0.4) is 0 Å². The van der Waals surface area contributed by atoms with E-state index in [2.05, 4.69) is 0 Å². The van der Waals surface area contributed by atoms with Crippen LogP contribution in [0.15, 0.2) is 28.0 Å². The highest BCUT2D eigenvalue weighted by Gasteiger charge is 2.36. The Bertz CT molecular complexity index is 366. The van der Waals surface area contributed by atoms with Gasteiger partial charge >= 0.3 is 0 Å². The molecule has 0 fully saturated rings. The van der Waals surface area contributed by atoms with Crippen LogP contribution >= 0.6 is 0 Å². The minimum absolute atomic E-state index is 0.176. The van der Waals surface area contributed by atoms with Crippen LogP contribution in [0, 0.1) is 5.82 Å². The van der Waals surface area contributed by atoms with E-state index >= 15 is 0 Å². The van der Waals surface area contributed by atoms with Gasteiger partial charge in [0.25, 0.3) is 0 Å². The summed E-state index contributed by atoms with van der Waals surface area (Å²) in [4.78, 5) is -0.352. The molecule has 1 aromatic carbocycles. The van der Waals surface area contributed by atoms with Crippen molar-refractivity contribution in [2.75, 3.05) is 0 Å². The van der Waals surface area contributed by atoms with Crippen molar-refractivity contribution in [3.8, 4) is 0 Å². The van der Waals surface area contributed by atoms with Crippen molar-refractivity contribution in [2.24, 2.45) is 0 Å². The van der Waals surface area contributed by atoms with E-state index in [4.69, 9.17) is 0 Å². The molecule has 2 aliphatic heterocycles. The summed E-state index contributed by atoms with van der Waals surface area (Å²) in [7, 11) is -3.33. The molecule has 0 saturated heterocycles. The summed E-state index contributed by atoms with van der Waals surface area (Å²) in [6, 6.07) is 4.05. The van der Waals surface area contributed by atoms with E-state index in [-0.39, 0.29) is 9.79 Å². The van der Waals surface area contributed by atoms with Crippen LogP contribution in [0.5, 0.6) is 0 Å². The van der Waals surface area contributed by atoms with Gasteiger partial charge in [0.1, 0.15) is 9.79 Å². The highest BCUT2D eigenvalue weighted by Crippen LogP contribution is 2.35. The molecule has 10 heavy (non-hydrogen) atoms. The normalized spacial score (nSPS) is 18.1. The summed E-state index contributed by atoms with van der Waals surface area (Å²) in [5, 5.41) is 0. The molecule has 0 aromatic heterocycles. The fourth-order valence-electron chi connectivity index (χ4n) is 0.978. The Kier molecular flexibility index (Phi) is 0.817. The summed E-state index contributed by atoms with van der Waals surface area (Å²) in [6.07, 6.45) is 0. The summed E-state index contributed by atoms with van der Waals surface area (Å²) >= 11 is 0. The van der Waals surface area contributed by atoms with Crippen LogP contribution in [0.25, 0.3) is 0 Å². The average molecular weight is 158 g/mol. The number of benzene rings is 1. The molecule has 2 bridgehead atoms. The van der Waals surface area contributed by atoms with Crippen LogP contribution in [0.2, 0.25) is 0 Å². The van der Waals surface area contributed by atoms with Crippen LogP contribution in [-0.2, 0) is 9.84 Å². The van der Waals surface area contributed by atoms with E-state index < -0.39 is 15.7 Å². The van der Waals surface area contributed by atoms with Gasteiger partial charge in [-0.1, -0.05) is 6.07 Å². The molecule has 0 N–H and O–H groups in total. The number of hydrogen-bond donors (Lipinski definition) is 0. The summed E-state index contributed by atoms with van der Waals surface area (Å²) in [5.41, 5.74) is 0. The highest BCUT2D eigenvalue weighted by molar-refractivity contribution is 7.92. The maximum Gasteiger partial charge on any atom is 0.212 e. The first-order chi connectivity index (χ1) is 4.64. The minimum Gasteiger partial charge on any atom is -0.218 e. The van der Waals surface area contributed by atoms with Crippen molar-refractivity contribution in [3.63, 3.8) is 0 Å². The van der Waals surface area contributed by atoms with E-state index in [9.17, 15) is 12.8 Å². The Morgan fingerprint density at radius 3 is 1.90 bits per heavy atom. The predicted molar refractivity (Wildman–Crippen MR) is 31.9 cm³/mol. The van der Waals surface area contributed by atoms with E-state index in [0.717, 1.165) is 0 Å². The summed E-state index contributed by atoms with van der Waals surface area (Å²) in [5.74, 6) is -0.595. The number of rotatable bonds is 0. The molecule has 4 heteroatoms. The van der Waals surface area contributed by atoms with Gasteiger partial charge in [0, 0.05) is 0 Å². The molecule has 2 heterocycles. The lowest BCUT2D eigenvalue weighted by molar-refractivity contribution is 0.512. The van der Waals surface area contributed by atoms with Gasteiger partial charge < -0.3 is 0 Å². The Hall–Kier alpha value is -0.900. The van der Waals surface area contributed by atoms with Gasteiger partial charge in [-0.15, -0.1) is 0 Å². The second-order valence-corrected chi connectivity index (χ2v) is 3.96. The standard InChI is InChI=1S/C6H3FO2S/c7-6-4-2-1-3-5(6)10(4,8)9/h1-3H. The molecule has 0 unspecified atom stereocenters. The van der Waals surface area contributed by atoms with Gasteiger partial charge in [0.2, 0.25) is 9.84 Å². The maximum atomic E-state index is 12.5. The second-order valence-electron chi connectivity index (χ2n) is 2.07. The molecule has 0 radical (unpaired) electrons. The first-order valence-electron chi connectivity index (χ1n) is 2.67. The molecule has 0 aliphatic carbocycles. The molecule has 0 atom stereocenters. The second kappa shape index (κ2) is 1.40. The highest BCUT2D eigenvalue weighted by atomic mass is 32.2. The van der Waals surface area contributed by atoms with Gasteiger partial charge in [-0.2, -0.15) is 0 Å². The third-order valence-corrected chi connectivity index (χ3v) is 3.30. The Morgan fingerprint density at radius 1 is 1.20 bits per heavy atom. The molecule has 1 aromatic rings. The van der Waals surface area contributed by atoms with E-state index in [1.54, 1.807) is 0 Å². The zero-order valence-corrected chi connectivity index (χ0v) is 5.65. The lowest BCUT2D eigenvalue weighted by Crippen LogP contribution is -2.17. The number of sulfone groups is 1. The van der Waals surface area contributed by atoms with E-state index in [0.29, 0.717) is 0 Å². The van der Waals surface area contributed by atoms with Gasteiger partial charge in [0.15, 0.2) is 5.82 Å². The fraction of sp³-hybridized carbons (Fsp3) is 0. The molecule has 2 nitrogen and oxygen atoms in total. The van der Waals surface area contributed by atoms with Crippen LogP contribution in [-0.4, -0.2) is 8.42 Å². The summed E-state index contributed by atoms with van der Waals surface area (Å²) < 4.78 is 34.2. The van der Waals surface area contributed by atoms with Crippen LogP contribution in [0.4, 0.5) is 4.39 Å². The van der Waals surface area contributed by atoms with Crippen molar-refractivity contribution in [1.82, 2.24) is 0 Å². The quantitative estimate of drug-likeness (QED) is 0.572. The SMILES string of the molecule is O=S1(=O)c2cccc1c2F. The topological polar surface area (TPSA) is 34.1 Å². The Balaban J connectivity index is 2.94. The number of fused-ring (bicyclic) bond motifs is 2. The lowest BCUT2D eigenvalue weighted by Gasteiger charge is -2.16. The van der Waals surface area contributed by atoms with Gasteiger partial charge in [0.05, 0.1) is 0 Å². The monoisotopic (exact) mass is 158 g/mol. The van der Waals surface area contributed by atoms with Crippen molar-refractivity contribution in [2.45, 2.75) is 9.79 Å². The van der Waals surface area contributed by atoms with Gasteiger partial charge in [-0.05, 0) is 12.1 Å². The third-order valence-electron chi connectivity index (χ3n) is 1.51. The van der Waals surface area contributed by atoms with E-state index in [1.165, 1.54) is 18.2 Å². The third kappa shape index (κ3) is 0.419.